The number of aliphatic hydroxyl groups excluding tert-OH is 1. The van der Waals surface area contributed by atoms with E-state index in [1.165, 1.54) is 12.1 Å². The fourth-order valence-corrected chi connectivity index (χ4v) is 1.31. The molecule has 0 amide bonds. The van der Waals surface area contributed by atoms with E-state index in [1.807, 2.05) is 0 Å². The fourth-order valence-electron chi connectivity index (χ4n) is 1.31. The predicted octanol–water partition coefficient (Wildman–Crippen LogP) is 1.61. The predicted molar refractivity (Wildman–Crippen MR) is 54.3 cm³/mol. The lowest BCUT2D eigenvalue weighted by molar-refractivity contribution is 0.141. The van der Waals surface area contributed by atoms with Crippen molar-refractivity contribution < 1.29 is 13.9 Å². The van der Waals surface area contributed by atoms with Gasteiger partial charge in [-0.15, -0.1) is 0 Å². The van der Waals surface area contributed by atoms with Crippen LogP contribution in [0.4, 0.5) is 8.78 Å². The van der Waals surface area contributed by atoms with Gasteiger partial charge in [0, 0.05) is 6.04 Å². The van der Waals surface area contributed by atoms with Gasteiger partial charge in [-0.3, -0.25) is 0 Å². The molecule has 0 aliphatic carbocycles. The molecule has 0 saturated carbocycles. The number of rotatable bonds is 4. The topological polar surface area (TPSA) is 46.2 Å². The monoisotopic (exact) mass is 215 g/mol. The van der Waals surface area contributed by atoms with Crippen LogP contribution in [0.15, 0.2) is 18.2 Å². The van der Waals surface area contributed by atoms with Crippen molar-refractivity contribution in [1.29, 1.82) is 0 Å². The van der Waals surface area contributed by atoms with Crippen molar-refractivity contribution in [3.05, 3.63) is 35.4 Å². The van der Waals surface area contributed by atoms with E-state index in [4.69, 9.17) is 5.73 Å². The van der Waals surface area contributed by atoms with Crippen LogP contribution in [-0.2, 0) is 6.42 Å². The van der Waals surface area contributed by atoms with Crippen molar-refractivity contribution in [1.82, 2.24) is 0 Å². The molecule has 0 aliphatic heterocycles. The molecule has 0 spiro atoms. The summed E-state index contributed by atoms with van der Waals surface area (Å²) in [6.45, 7) is 1.67. The van der Waals surface area contributed by atoms with Gasteiger partial charge in [0.05, 0.1) is 6.10 Å². The van der Waals surface area contributed by atoms with Gasteiger partial charge >= 0.3 is 0 Å². The minimum absolute atomic E-state index is 0.273. The standard InChI is InChI=1S/C11H15F2NO/c1-7(14)10(15)6-5-8-3-2-4-9(12)11(8)13/h2-4,7,10,15H,5-6,14H2,1H3. The molecule has 0 radical (unpaired) electrons. The summed E-state index contributed by atoms with van der Waals surface area (Å²) in [6, 6.07) is 3.67. The second-order valence-electron chi connectivity index (χ2n) is 3.68. The second-order valence-corrected chi connectivity index (χ2v) is 3.68. The van der Waals surface area contributed by atoms with Crippen molar-refractivity contribution in [3.63, 3.8) is 0 Å². The van der Waals surface area contributed by atoms with Crippen molar-refractivity contribution in [2.45, 2.75) is 31.9 Å². The van der Waals surface area contributed by atoms with E-state index in [1.54, 1.807) is 6.92 Å². The molecule has 15 heavy (non-hydrogen) atoms. The van der Waals surface area contributed by atoms with Crippen LogP contribution in [0, 0.1) is 11.6 Å². The maximum atomic E-state index is 13.2. The van der Waals surface area contributed by atoms with Crippen LogP contribution >= 0.6 is 0 Å². The summed E-state index contributed by atoms with van der Waals surface area (Å²) < 4.78 is 26.0. The van der Waals surface area contributed by atoms with Crippen LogP contribution < -0.4 is 5.73 Å². The van der Waals surface area contributed by atoms with Crippen molar-refractivity contribution in [2.24, 2.45) is 5.73 Å². The molecule has 1 aromatic rings. The van der Waals surface area contributed by atoms with E-state index >= 15 is 0 Å². The molecule has 1 aromatic carbocycles. The zero-order valence-corrected chi connectivity index (χ0v) is 8.58. The lowest BCUT2D eigenvalue weighted by Crippen LogP contribution is -2.31. The highest BCUT2D eigenvalue weighted by molar-refractivity contribution is 5.19. The summed E-state index contributed by atoms with van der Waals surface area (Å²) in [5.74, 6) is -1.70. The third-order valence-corrected chi connectivity index (χ3v) is 2.35. The van der Waals surface area contributed by atoms with Crippen molar-refractivity contribution in [2.75, 3.05) is 0 Å². The lowest BCUT2D eigenvalue weighted by atomic mass is 10.0. The van der Waals surface area contributed by atoms with Gasteiger partial charge in [0.2, 0.25) is 0 Å². The zero-order valence-electron chi connectivity index (χ0n) is 8.58. The second kappa shape index (κ2) is 5.19. The normalized spacial score (nSPS) is 15.0. The molecule has 0 aromatic heterocycles. The maximum Gasteiger partial charge on any atom is 0.162 e. The molecule has 0 heterocycles. The van der Waals surface area contributed by atoms with Gasteiger partial charge < -0.3 is 10.8 Å². The molecule has 0 fully saturated rings. The molecule has 4 heteroatoms. The Labute approximate surface area is 87.7 Å². The third-order valence-electron chi connectivity index (χ3n) is 2.35. The van der Waals surface area contributed by atoms with Crippen LogP contribution in [0.1, 0.15) is 18.9 Å². The molecule has 1 rings (SSSR count). The van der Waals surface area contributed by atoms with Gasteiger partial charge in [0.25, 0.3) is 0 Å². The molecule has 2 nitrogen and oxygen atoms in total. The van der Waals surface area contributed by atoms with Gasteiger partial charge in [-0.2, -0.15) is 0 Å². The number of aliphatic hydroxyl groups is 1. The quantitative estimate of drug-likeness (QED) is 0.801. The Bertz CT molecular complexity index is 328. The van der Waals surface area contributed by atoms with Gasteiger partial charge in [0.1, 0.15) is 0 Å². The zero-order chi connectivity index (χ0) is 11.4. The summed E-state index contributed by atoms with van der Waals surface area (Å²) >= 11 is 0. The molecule has 84 valence electrons. The number of hydrogen-bond donors (Lipinski definition) is 2. The summed E-state index contributed by atoms with van der Waals surface area (Å²) in [5, 5.41) is 9.41. The molecule has 0 saturated heterocycles. The number of aryl methyl sites for hydroxylation is 1. The Morgan fingerprint density at radius 1 is 1.40 bits per heavy atom. The smallest absolute Gasteiger partial charge is 0.162 e. The van der Waals surface area contributed by atoms with Crippen molar-refractivity contribution in [3.8, 4) is 0 Å². The van der Waals surface area contributed by atoms with Crippen LogP contribution in [0.3, 0.4) is 0 Å². The SMILES string of the molecule is CC(N)C(O)CCc1cccc(F)c1F. The average molecular weight is 215 g/mol. The molecule has 0 aliphatic rings. The molecule has 3 N–H and O–H groups in total. The molecule has 0 bridgehead atoms. The Morgan fingerprint density at radius 2 is 2.07 bits per heavy atom. The Morgan fingerprint density at radius 3 is 2.67 bits per heavy atom. The largest absolute Gasteiger partial charge is 0.392 e. The highest BCUT2D eigenvalue weighted by atomic mass is 19.2. The third kappa shape index (κ3) is 3.25. The molecule has 2 unspecified atom stereocenters. The van der Waals surface area contributed by atoms with Crippen LogP contribution in [0.2, 0.25) is 0 Å². The first-order valence-corrected chi connectivity index (χ1v) is 4.89. The van der Waals surface area contributed by atoms with E-state index in [0.29, 0.717) is 6.42 Å². The number of nitrogens with two attached hydrogens (primary N) is 1. The summed E-state index contributed by atoms with van der Waals surface area (Å²) in [4.78, 5) is 0. The Kier molecular flexibility index (Phi) is 4.17. The Balaban J connectivity index is 2.62. The van der Waals surface area contributed by atoms with E-state index in [-0.39, 0.29) is 18.0 Å². The number of hydrogen-bond acceptors (Lipinski definition) is 2. The first kappa shape index (κ1) is 12.1. The van der Waals surface area contributed by atoms with Crippen LogP contribution in [0.25, 0.3) is 0 Å². The Hall–Kier alpha value is -1.00. The van der Waals surface area contributed by atoms with Gasteiger partial charge in [-0.05, 0) is 31.4 Å². The first-order valence-electron chi connectivity index (χ1n) is 4.89. The molecule has 2 atom stereocenters. The van der Waals surface area contributed by atoms with E-state index in [9.17, 15) is 13.9 Å². The maximum absolute atomic E-state index is 13.2. The van der Waals surface area contributed by atoms with Crippen LogP contribution in [0.5, 0.6) is 0 Å². The average Bonchev–Trinajstić information content (AvgIpc) is 2.19. The van der Waals surface area contributed by atoms with Gasteiger partial charge in [-0.25, -0.2) is 8.78 Å². The minimum atomic E-state index is -0.859. The highest BCUT2D eigenvalue weighted by Crippen LogP contribution is 2.14. The summed E-state index contributed by atoms with van der Waals surface area (Å²) in [6.07, 6.45) is -0.0719. The van der Waals surface area contributed by atoms with Gasteiger partial charge in [-0.1, -0.05) is 12.1 Å². The fraction of sp³-hybridized carbons (Fsp3) is 0.455. The molecular weight excluding hydrogens is 200 g/mol. The molecular formula is C11H15F2NO. The summed E-state index contributed by atoms with van der Waals surface area (Å²) in [5.41, 5.74) is 5.72. The van der Waals surface area contributed by atoms with E-state index < -0.39 is 17.7 Å². The minimum Gasteiger partial charge on any atom is -0.392 e. The van der Waals surface area contributed by atoms with E-state index in [2.05, 4.69) is 0 Å². The van der Waals surface area contributed by atoms with Crippen LogP contribution in [-0.4, -0.2) is 17.3 Å². The summed E-state index contributed by atoms with van der Waals surface area (Å²) in [7, 11) is 0. The van der Waals surface area contributed by atoms with Gasteiger partial charge in [0.15, 0.2) is 11.6 Å². The first-order chi connectivity index (χ1) is 7.02. The lowest BCUT2D eigenvalue weighted by Gasteiger charge is -2.14. The number of halogens is 2. The van der Waals surface area contributed by atoms with E-state index in [0.717, 1.165) is 6.07 Å². The number of benzene rings is 1. The highest BCUT2D eigenvalue weighted by Gasteiger charge is 2.12. The van der Waals surface area contributed by atoms with Crippen molar-refractivity contribution >= 4 is 0 Å².